The number of nitrogens with one attached hydrogen (secondary N) is 2. The Labute approximate surface area is 103 Å². The van der Waals surface area contributed by atoms with Gasteiger partial charge in [-0.1, -0.05) is 0 Å². The normalized spacial score (nSPS) is 27.9. The maximum atomic E-state index is 11.9. The Hall–Kier alpha value is -0.650. The molecule has 0 saturated carbocycles. The van der Waals surface area contributed by atoms with Gasteiger partial charge in [0.2, 0.25) is 5.91 Å². The minimum absolute atomic E-state index is 0.145. The second kappa shape index (κ2) is 6.33. The second-order valence-electron chi connectivity index (χ2n) is 5.01. The van der Waals surface area contributed by atoms with E-state index in [0.29, 0.717) is 12.5 Å². The minimum Gasteiger partial charge on any atom is -0.381 e. The summed E-state index contributed by atoms with van der Waals surface area (Å²) >= 11 is 0. The van der Waals surface area contributed by atoms with E-state index >= 15 is 0 Å². The summed E-state index contributed by atoms with van der Waals surface area (Å²) in [6.45, 7) is 8.13. The molecule has 2 rings (SSSR count). The Balaban J connectivity index is 1.68. The van der Waals surface area contributed by atoms with E-state index in [-0.39, 0.29) is 11.9 Å². The Morgan fingerprint density at radius 1 is 1.53 bits per heavy atom. The molecular formula is C12H23N3O2. The van der Waals surface area contributed by atoms with Gasteiger partial charge in [-0.2, -0.15) is 0 Å². The fourth-order valence-electron chi connectivity index (χ4n) is 2.44. The first kappa shape index (κ1) is 12.8. The van der Waals surface area contributed by atoms with Crippen LogP contribution in [0.5, 0.6) is 0 Å². The van der Waals surface area contributed by atoms with E-state index in [1.165, 1.54) is 0 Å². The molecule has 2 aliphatic heterocycles. The standard InChI is InChI=1S/C12H23N3O2/c1-10(11-2-7-17-9-11)14-12(16)8-15-5-3-13-4-6-15/h10-11,13H,2-9H2,1H3,(H,14,16). The molecule has 2 heterocycles. The summed E-state index contributed by atoms with van der Waals surface area (Å²) in [4.78, 5) is 14.1. The molecule has 0 aromatic carbocycles. The third-order valence-corrected chi connectivity index (χ3v) is 3.64. The Morgan fingerprint density at radius 3 is 2.94 bits per heavy atom. The van der Waals surface area contributed by atoms with Crippen molar-refractivity contribution >= 4 is 5.91 Å². The minimum atomic E-state index is 0.145. The van der Waals surface area contributed by atoms with E-state index < -0.39 is 0 Å². The van der Waals surface area contributed by atoms with Crippen LogP contribution in [-0.2, 0) is 9.53 Å². The van der Waals surface area contributed by atoms with E-state index in [9.17, 15) is 4.79 Å². The van der Waals surface area contributed by atoms with Gasteiger partial charge < -0.3 is 15.4 Å². The molecule has 2 aliphatic rings. The number of carbonyl (C=O) groups is 1. The first-order valence-corrected chi connectivity index (χ1v) is 6.56. The van der Waals surface area contributed by atoms with Crippen LogP contribution in [0.2, 0.25) is 0 Å². The van der Waals surface area contributed by atoms with Crippen LogP contribution in [0.15, 0.2) is 0 Å². The van der Waals surface area contributed by atoms with Crippen molar-refractivity contribution in [2.75, 3.05) is 45.9 Å². The molecule has 5 nitrogen and oxygen atoms in total. The summed E-state index contributed by atoms with van der Waals surface area (Å²) in [6, 6.07) is 0.230. The van der Waals surface area contributed by atoms with Crippen LogP contribution in [0, 0.1) is 5.92 Å². The number of amides is 1. The summed E-state index contributed by atoms with van der Waals surface area (Å²) in [6.07, 6.45) is 1.06. The Morgan fingerprint density at radius 2 is 2.29 bits per heavy atom. The van der Waals surface area contributed by atoms with E-state index in [4.69, 9.17) is 4.74 Å². The topological polar surface area (TPSA) is 53.6 Å². The highest BCUT2D eigenvalue weighted by Gasteiger charge is 2.24. The number of carbonyl (C=O) groups excluding carboxylic acids is 1. The third kappa shape index (κ3) is 3.94. The van der Waals surface area contributed by atoms with Crippen molar-refractivity contribution in [3.63, 3.8) is 0 Å². The summed E-state index contributed by atoms with van der Waals surface area (Å²) in [5, 5.41) is 6.37. The predicted octanol–water partition coefficient (Wildman–Crippen LogP) is -0.567. The lowest BCUT2D eigenvalue weighted by Gasteiger charge is -2.27. The third-order valence-electron chi connectivity index (χ3n) is 3.64. The van der Waals surface area contributed by atoms with Gasteiger partial charge in [0, 0.05) is 44.7 Å². The molecule has 17 heavy (non-hydrogen) atoms. The molecule has 0 spiro atoms. The Bertz CT molecular complexity index is 248. The molecule has 2 fully saturated rings. The van der Waals surface area contributed by atoms with Crippen molar-refractivity contribution in [3.05, 3.63) is 0 Å². The average molecular weight is 241 g/mol. The molecule has 0 aliphatic carbocycles. The zero-order chi connectivity index (χ0) is 12.1. The molecule has 0 bridgehead atoms. The number of hydrogen-bond acceptors (Lipinski definition) is 4. The highest BCUT2D eigenvalue weighted by molar-refractivity contribution is 5.78. The van der Waals surface area contributed by atoms with Gasteiger partial charge in [0.25, 0.3) is 0 Å². The van der Waals surface area contributed by atoms with E-state index in [2.05, 4.69) is 22.5 Å². The van der Waals surface area contributed by atoms with Crippen LogP contribution >= 0.6 is 0 Å². The summed E-state index contributed by atoms with van der Waals surface area (Å²) < 4.78 is 5.34. The van der Waals surface area contributed by atoms with Gasteiger partial charge in [-0.25, -0.2) is 0 Å². The number of ether oxygens (including phenoxy) is 1. The van der Waals surface area contributed by atoms with Gasteiger partial charge in [-0.3, -0.25) is 9.69 Å². The second-order valence-corrected chi connectivity index (χ2v) is 5.01. The van der Waals surface area contributed by atoms with Gasteiger partial charge in [-0.15, -0.1) is 0 Å². The molecule has 2 saturated heterocycles. The van der Waals surface area contributed by atoms with Gasteiger partial charge in [0.05, 0.1) is 13.2 Å². The lowest BCUT2D eigenvalue weighted by Crippen LogP contribution is -2.49. The fourth-order valence-corrected chi connectivity index (χ4v) is 2.44. The van der Waals surface area contributed by atoms with Crippen molar-refractivity contribution in [3.8, 4) is 0 Å². The fraction of sp³-hybridized carbons (Fsp3) is 0.917. The number of nitrogens with zero attached hydrogens (tertiary/aromatic N) is 1. The van der Waals surface area contributed by atoms with Crippen molar-refractivity contribution in [2.45, 2.75) is 19.4 Å². The molecule has 2 atom stereocenters. The van der Waals surface area contributed by atoms with E-state index in [1.54, 1.807) is 0 Å². The molecule has 2 N–H and O–H groups in total. The van der Waals surface area contributed by atoms with Crippen LogP contribution in [0.3, 0.4) is 0 Å². The zero-order valence-corrected chi connectivity index (χ0v) is 10.6. The SMILES string of the molecule is CC(NC(=O)CN1CCNCC1)C1CCOC1. The highest BCUT2D eigenvalue weighted by Crippen LogP contribution is 2.16. The van der Waals surface area contributed by atoms with Gasteiger partial charge in [0.1, 0.15) is 0 Å². The average Bonchev–Trinajstić information content (AvgIpc) is 2.83. The number of piperazine rings is 1. The van der Waals surface area contributed by atoms with Crippen LogP contribution in [0.25, 0.3) is 0 Å². The maximum Gasteiger partial charge on any atom is 0.234 e. The van der Waals surface area contributed by atoms with Crippen LogP contribution in [-0.4, -0.2) is 62.8 Å². The number of rotatable bonds is 4. The quantitative estimate of drug-likeness (QED) is 0.692. The first-order chi connectivity index (χ1) is 8.25. The molecule has 5 heteroatoms. The summed E-state index contributed by atoms with van der Waals surface area (Å²) in [7, 11) is 0. The largest absolute Gasteiger partial charge is 0.381 e. The first-order valence-electron chi connectivity index (χ1n) is 6.56. The van der Waals surface area contributed by atoms with Gasteiger partial charge >= 0.3 is 0 Å². The van der Waals surface area contributed by atoms with Crippen molar-refractivity contribution in [1.82, 2.24) is 15.5 Å². The smallest absolute Gasteiger partial charge is 0.234 e. The van der Waals surface area contributed by atoms with Crippen LogP contribution in [0.1, 0.15) is 13.3 Å². The summed E-state index contributed by atoms with van der Waals surface area (Å²) in [5.41, 5.74) is 0. The molecule has 0 radical (unpaired) electrons. The van der Waals surface area contributed by atoms with Crippen LogP contribution < -0.4 is 10.6 Å². The molecule has 98 valence electrons. The molecule has 0 aromatic heterocycles. The monoisotopic (exact) mass is 241 g/mol. The van der Waals surface area contributed by atoms with Crippen LogP contribution in [0.4, 0.5) is 0 Å². The van der Waals surface area contributed by atoms with E-state index in [0.717, 1.165) is 45.8 Å². The van der Waals surface area contributed by atoms with Crippen molar-refractivity contribution < 1.29 is 9.53 Å². The maximum absolute atomic E-state index is 11.9. The predicted molar refractivity (Wildman–Crippen MR) is 65.8 cm³/mol. The van der Waals surface area contributed by atoms with Gasteiger partial charge in [-0.05, 0) is 13.3 Å². The number of hydrogen-bond donors (Lipinski definition) is 2. The highest BCUT2D eigenvalue weighted by atomic mass is 16.5. The Kier molecular flexibility index (Phi) is 4.76. The lowest BCUT2D eigenvalue weighted by molar-refractivity contribution is -0.123. The summed E-state index contributed by atoms with van der Waals surface area (Å²) in [5.74, 6) is 0.633. The van der Waals surface area contributed by atoms with Crippen molar-refractivity contribution in [2.24, 2.45) is 5.92 Å². The molecule has 0 aromatic rings. The van der Waals surface area contributed by atoms with E-state index in [1.807, 2.05) is 0 Å². The molecule has 1 amide bonds. The zero-order valence-electron chi connectivity index (χ0n) is 10.6. The lowest BCUT2D eigenvalue weighted by atomic mass is 10.0. The molecular weight excluding hydrogens is 218 g/mol. The van der Waals surface area contributed by atoms with Crippen molar-refractivity contribution in [1.29, 1.82) is 0 Å². The van der Waals surface area contributed by atoms with Gasteiger partial charge in [0.15, 0.2) is 0 Å². The molecule has 2 unspecified atom stereocenters.